The third-order valence-electron chi connectivity index (χ3n) is 7.36. The zero-order valence-electron chi connectivity index (χ0n) is 24.3. The highest BCUT2D eigenvalue weighted by atomic mass is 32.2. The number of nitrogens with two attached hydrogens (primary N) is 1. The highest BCUT2D eigenvalue weighted by molar-refractivity contribution is 7.85. The Bertz CT molecular complexity index is 1160. The summed E-state index contributed by atoms with van der Waals surface area (Å²) in [7, 11) is -1.07. The highest BCUT2D eigenvalue weighted by Crippen LogP contribution is 2.38. The van der Waals surface area contributed by atoms with Crippen molar-refractivity contribution in [3.8, 4) is 23.0 Å². The second-order valence-corrected chi connectivity index (χ2v) is 11.8. The average molecular weight is 590 g/mol. The topological polar surface area (TPSA) is 124 Å². The lowest BCUT2D eigenvalue weighted by Crippen LogP contribution is -2.54. The molecule has 4 atom stereocenters. The van der Waals surface area contributed by atoms with Gasteiger partial charge in [-0.3, -0.25) is 18.8 Å². The molecule has 3 N–H and O–H groups in total. The van der Waals surface area contributed by atoms with Crippen molar-refractivity contribution in [3.63, 3.8) is 0 Å². The molecule has 4 unspecified atom stereocenters. The van der Waals surface area contributed by atoms with Crippen molar-refractivity contribution >= 4 is 16.7 Å². The van der Waals surface area contributed by atoms with Crippen LogP contribution in [0.5, 0.6) is 23.0 Å². The van der Waals surface area contributed by atoms with E-state index in [0.717, 1.165) is 17.7 Å². The van der Waals surface area contributed by atoms with E-state index in [9.17, 15) is 14.1 Å². The molecule has 0 spiro atoms. The smallest absolute Gasteiger partial charge is 0.239 e. The summed E-state index contributed by atoms with van der Waals surface area (Å²) in [5.41, 5.74) is 6.59. The van der Waals surface area contributed by atoms with Crippen LogP contribution >= 0.6 is 0 Å². The van der Waals surface area contributed by atoms with E-state index in [1.807, 2.05) is 36.9 Å². The predicted octanol–water partition coefficient (Wildman–Crippen LogP) is 2.74. The van der Waals surface area contributed by atoms with Gasteiger partial charge in [0.1, 0.15) is 30.3 Å². The number of piperazine rings is 1. The molecule has 0 bridgehead atoms. The molecule has 41 heavy (non-hydrogen) atoms. The molecule has 1 saturated heterocycles. The number of rotatable bonds is 14. The second-order valence-electron chi connectivity index (χ2n) is 10.2. The molecular formula is C30H43N3O7S. The molecule has 0 aromatic heterocycles. The Balaban J connectivity index is 1.36. The molecule has 1 amide bonds. The number of fused-ring (bicyclic) bond motifs is 1. The van der Waals surface area contributed by atoms with E-state index < -0.39 is 35.0 Å². The zero-order chi connectivity index (χ0) is 29.4. The number of ether oxygens (including phenoxy) is 4. The third-order valence-corrected chi connectivity index (χ3v) is 8.80. The van der Waals surface area contributed by atoms with Gasteiger partial charge in [0.05, 0.1) is 29.6 Å². The van der Waals surface area contributed by atoms with Crippen molar-refractivity contribution in [2.24, 2.45) is 5.73 Å². The number of carbonyl (C=O) groups excluding carboxylic acids is 1. The number of aliphatic hydroxyl groups is 1. The number of carbonyl (C=O) groups is 1. The number of hydrogen-bond donors (Lipinski definition) is 2. The Hall–Kier alpha value is -2.86. The van der Waals surface area contributed by atoms with Crippen molar-refractivity contribution in [3.05, 3.63) is 42.0 Å². The summed E-state index contributed by atoms with van der Waals surface area (Å²) >= 11 is 0. The summed E-state index contributed by atoms with van der Waals surface area (Å²) in [6.45, 7) is 9.82. The van der Waals surface area contributed by atoms with Crippen LogP contribution in [0.2, 0.25) is 0 Å². The largest absolute Gasteiger partial charge is 0.493 e. The summed E-state index contributed by atoms with van der Waals surface area (Å²) in [5, 5.41) is 11.0. The van der Waals surface area contributed by atoms with E-state index in [4.69, 9.17) is 24.7 Å². The molecule has 2 aromatic carbocycles. The van der Waals surface area contributed by atoms with Crippen LogP contribution in [0.1, 0.15) is 45.2 Å². The number of unbranched alkanes of at least 4 members (excludes halogenated alkanes) is 1. The van der Waals surface area contributed by atoms with Crippen molar-refractivity contribution in [1.82, 2.24) is 9.80 Å². The Labute approximate surface area is 245 Å². The molecule has 2 heterocycles. The number of aliphatic hydroxyl groups excluding tert-OH is 1. The van der Waals surface area contributed by atoms with Crippen LogP contribution in [-0.2, 0) is 15.6 Å². The molecular weight excluding hydrogens is 546 g/mol. The molecule has 2 aromatic rings. The van der Waals surface area contributed by atoms with Crippen molar-refractivity contribution in [2.75, 3.05) is 58.3 Å². The number of hydrogen-bond acceptors (Lipinski definition) is 9. The van der Waals surface area contributed by atoms with Gasteiger partial charge in [-0.2, -0.15) is 0 Å². The first-order chi connectivity index (χ1) is 19.9. The lowest BCUT2D eigenvalue weighted by Gasteiger charge is -2.40. The van der Waals surface area contributed by atoms with E-state index in [2.05, 4.69) is 11.8 Å². The molecule has 2 aliphatic rings. The normalized spacial score (nSPS) is 19.8. The van der Waals surface area contributed by atoms with Crippen LogP contribution in [0.15, 0.2) is 41.3 Å². The third kappa shape index (κ3) is 7.71. The fourth-order valence-electron chi connectivity index (χ4n) is 5.24. The van der Waals surface area contributed by atoms with Crippen molar-refractivity contribution in [1.29, 1.82) is 0 Å². The lowest BCUT2D eigenvalue weighted by molar-refractivity contribution is -0.124. The molecule has 2 aliphatic heterocycles. The summed E-state index contributed by atoms with van der Waals surface area (Å²) in [6, 6.07) is 10.2. The number of nitrogens with zero attached hydrogens (tertiary/aromatic N) is 2. The maximum Gasteiger partial charge on any atom is 0.239 e. The monoisotopic (exact) mass is 589 g/mol. The van der Waals surface area contributed by atoms with Gasteiger partial charge in [-0.1, -0.05) is 19.4 Å². The summed E-state index contributed by atoms with van der Waals surface area (Å²) in [4.78, 5) is 17.7. The Morgan fingerprint density at radius 3 is 2.37 bits per heavy atom. The SMILES string of the molecule is CCCCS(=O)c1ccc2c(c1)OCC(C(O)CN1CCN(C(C(N)=O)c3c(OCC)cccc3OCC)CC1)O2. The van der Waals surface area contributed by atoms with Crippen LogP contribution in [-0.4, -0.2) is 95.5 Å². The maximum atomic E-state index is 12.8. The van der Waals surface area contributed by atoms with Crippen molar-refractivity contribution < 1.29 is 33.1 Å². The minimum Gasteiger partial charge on any atom is -0.493 e. The van der Waals surface area contributed by atoms with Crippen LogP contribution in [0.25, 0.3) is 0 Å². The van der Waals surface area contributed by atoms with Gasteiger partial charge in [-0.15, -0.1) is 0 Å². The van der Waals surface area contributed by atoms with Crippen LogP contribution in [0.3, 0.4) is 0 Å². The number of benzene rings is 2. The second kappa shape index (κ2) is 14.9. The first-order valence-electron chi connectivity index (χ1n) is 14.5. The minimum absolute atomic E-state index is 0.206. The standard InChI is InChI=1S/C30H43N3O7S/c1-4-7-17-41(36)21-11-12-23-26(18-21)39-20-27(40-23)22(34)19-32-13-15-33(16-14-32)29(30(31)35)28-24(37-5-2)9-8-10-25(28)38-6-3/h8-12,18,22,27,29,34H,4-7,13-17,19-20H2,1-3H3,(H2,31,35). The number of amides is 1. The van der Waals surface area contributed by atoms with E-state index in [1.54, 1.807) is 18.2 Å². The van der Waals surface area contributed by atoms with Crippen molar-refractivity contribution in [2.45, 2.75) is 56.8 Å². The summed E-state index contributed by atoms with van der Waals surface area (Å²) in [6.07, 6.45) is 0.597. The van der Waals surface area contributed by atoms with Gasteiger partial charge >= 0.3 is 0 Å². The van der Waals surface area contributed by atoms with Crippen LogP contribution in [0, 0.1) is 0 Å². The van der Waals surface area contributed by atoms with Gasteiger partial charge in [0, 0.05) is 49.4 Å². The molecule has 226 valence electrons. The average Bonchev–Trinajstić information content (AvgIpc) is 2.97. The fourth-order valence-corrected chi connectivity index (χ4v) is 6.48. The van der Waals surface area contributed by atoms with E-state index in [-0.39, 0.29) is 6.61 Å². The molecule has 0 saturated carbocycles. The van der Waals surface area contributed by atoms with Gasteiger partial charge in [0.15, 0.2) is 17.6 Å². The van der Waals surface area contributed by atoms with Gasteiger partial charge in [-0.05, 0) is 44.5 Å². The molecule has 10 nitrogen and oxygen atoms in total. The number of primary amides is 1. The lowest BCUT2D eigenvalue weighted by atomic mass is 10.0. The molecule has 0 aliphatic carbocycles. The van der Waals surface area contributed by atoms with Gasteiger partial charge in [-0.25, -0.2) is 0 Å². The van der Waals surface area contributed by atoms with E-state index in [1.165, 1.54) is 0 Å². The Morgan fingerprint density at radius 1 is 1.07 bits per heavy atom. The first kappa shape index (κ1) is 31.1. The van der Waals surface area contributed by atoms with Gasteiger partial charge in [0.2, 0.25) is 5.91 Å². The fraction of sp³-hybridized carbons (Fsp3) is 0.567. The number of β-amino-alcohol motifs (C(OH)–C–C–N with tert-alkyl or cyclic N) is 1. The zero-order valence-corrected chi connectivity index (χ0v) is 25.1. The van der Waals surface area contributed by atoms with Gasteiger partial charge < -0.3 is 29.8 Å². The van der Waals surface area contributed by atoms with E-state index >= 15 is 0 Å². The maximum absolute atomic E-state index is 12.8. The van der Waals surface area contributed by atoms with Gasteiger partial charge in [0.25, 0.3) is 0 Å². The minimum atomic E-state index is -1.07. The molecule has 11 heteroatoms. The van der Waals surface area contributed by atoms with Crippen LogP contribution in [0.4, 0.5) is 0 Å². The Morgan fingerprint density at radius 2 is 1.76 bits per heavy atom. The Kier molecular flexibility index (Phi) is 11.3. The van der Waals surface area contributed by atoms with E-state index in [0.29, 0.717) is 80.3 Å². The molecule has 4 rings (SSSR count). The van der Waals surface area contributed by atoms with Crippen LogP contribution < -0.4 is 24.7 Å². The first-order valence-corrected chi connectivity index (χ1v) is 15.8. The highest BCUT2D eigenvalue weighted by Gasteiger charge is 2.35. The summed E-state index contributed by atoms with van der Waals surface area (Å²) < 4.78 is 36.2. The quantitative estimate of drug-likeness (QED) is 0.342. The molecule has 0 radical (unpaired) electrons. The summed E-state index contributed by atoms with van der Waals surface area (Å²) in [5.74, 6) is 2.44. The molecule has 1 fully saturated rings. The predicted molar refractivity (Wildman–Crippen MR) is 157 cm³/mol.